The van der Waals surface area contributed by atoms with Gasteiger partial charge in [0.2, 0.25) is 0 Å². The fourth-order valence-corrected chi connectivity index (χ4v) is 8.14. The van der Waals surface area contributed by atoms with Gasteiger partial charge in [-0.2, -0.15) is 0 Å². The van der Waals surface area contributed by atoms with E-state index in [9.17, 15) is 0 Å². The Morgan fingerprint density at radius 3 is 1.62 bits per heavy atom. The van der Waals surface area contributed by atoms with Crippen molar-refractivity contribution in [3.05, 3.63) is 131 Å². The Morgan fingerprint density at radius 2 is 0.923 bits per heavy atom. The van der Waals surface area contributed by atoms with Gasteiger partial charge in [0, 0.05) is 14.5 Å². The van der Waals surface area contributed by atoms with Crippen LogP contribution in [-0.4, -0.2) is 0 Å². The van der Waals surface area contributed by atoms with E-state index in [1.54, 1.807) is 0 Å². The standard InChI is InChI=1S/C38H21I/c39-38-29-19-9-16-25-20-21-28-31(23-10-3-1-4-11-23)34-26-17-7-14-22-15-8-18-27(30(22)26)36(34)37(35(28)32(25)29)33(38)24-12-5-2-6-13-24/h1-21H. The zero-order valence-electron chi connectivity index (χ0n) is 21.0. The van der Waals surface area contributed by atoms with Crippen LogP contribution in [0.3, 0.4) is 0 Å². The molecule has 0 bridgehead atoms. The highest BCUT2D eigenvalue weighted by Gasteiger charge is 2.31. The van der Waals surface area contributed by atoms with E-state index in [-0.39, 0.29) is 0 Å². The summed E-state index contributed by atoms with van der Waals surface area (Å²) >= 11 is 2.61. The summed E-state index contributed by atoms with van der Waals surface area (Å²) in [6.45, 7) is 0. The lowest BCUT2D eigenvalue weighted by Crippen LogP contribution is -1.97. The van der Waals surface area contributed by atoms with Gasteiger partial charge in [-0.25, -0.2) is 0 Å². The quantitative estimate of drug-likeness (QED) is 0.136. The summed E-state index contributed by atoms with van der Waals surface area (Å²) in [7, 11) is 0. The predicted octanol–water partition coefficient (Wildman–Crippen LogP) is 11.3. The first-order valence-corrected chi connectivity index (χ1v) is 14.5. The van der Waals surface area contributed by atoms with Gasteiger partial charge in [0.25, 0.3) is 0 Å². The van der Waals surface area contributed by atoms with Gasteiger partial charge in [-0.1, -0.05) is 127 Å². The molecule has 1 heteroatoms. The maximum absolute atomic E-state index is 2.61. The van der Waals surface area contributed by atoms with E-state index in [4.69, 9.17) is 0 Å². The highest BCUT2D eigenvalue weighted by molar-refractivity contribution is 14.1. The maximum atomic E-state index is 2.61. The molecule has 0 saturated heterocycles. The molecule has 0 amide bonds. The van der Waals surface area contributed by atoms with Gasteiger partial charge in [0.1, 0.15) is 0 Å². The van der Waals surface area contributed by atoms with Crippen LogP contribution in [0.4, 0.5) is 0 Å². The molecule has 180 valence electrons. The van der Waals surface area contributed by atoms with Gasteiger partial charge < -0.3 is 0 Å². The number of fused-ring (bicyclic) bond motifs is 4. The molecule has 0 atom stereocenters. The van der Waals surface area contributed by atoms with Crippen LogP contribution in [0.1, 0.15) is 0 Å². The van der Waals surface area contributed by atoms with Crippen molar-refractivity contribution in [1.29, 1.82) is 0 Å². The van der Waals surface area contributed by atoms with Crippen molar-refractivity contribution in [2.45, 2.75) is 0 Å². The summed E-state index contributed by atoms with van der Waals surface area (Å²) < 4.78 is 1.32. The molecule has 1 aliphatic carbocycles. The Balaban J connectivity index is 1.66. The molecule has 0 aromatic heterocycles. The monoisotopic (exact) mass is 604 g/mol. The van der Waals surface area contributed by atoms with Gasteiger partial charge in [-0.3, -0.25) is 0 Å². The second-order valence-corrected chi connectivity index (χ2v) is 11.6. The maximum Gasteiger partial charge on any atom is 0.0294 e. The molecule has 39 heavy (non-hydrogen) atoms. The molecule has 1 aliphatic rings. The zero-order valence-corrected chi connectivity index (χ0v) is 23.2. The Kier molecular flexibility index (Phi) is 4.40. The summed E-state index contributed by atoms with van der Waals surface area (Å²) in [6, 6.07) is 47.1. The second kappa shape index (κ2) is 7.91. The molecule has 9 rings (SSSR count). The minimum atomic E-state index is 1.27. The van der Waals surface area contributed by atoms with Gasteiger partial charge in [0.15, 0.2) is 0 Å². The van der Waals surface area contributed by atoms with Crippen LogP contribution < -0.4 is 0 Å². The van der Waals surface area contributed by atoms with E-state index in [1.165, 1.54) is 91.2 Å². The molecular weight excluding hydrogens is 583 g/mol. The summed E-state index contributed by atoms with van der Waals surface area (Å²) in [5, 5.41) is 10.8. The Bertz CT molecular complexity index is 2250. The van der Waals surface area contributed by atoms with Crippen LogP contribution in [0.5, 0.6) is 0 Å². The molecule has 0 unspecified atom stereocenters. The first-order valence-electron chi connectivity index (χ1n) is 13.4. The first kappa shape index (κ1) is 21.7. The van der Waals surface area contributed by atoms with E-state index >= 15 is 0 Å². The zero-order chi connectivity index (χ0) is 25.7. The van der Waals surface area contributed by atoms with Gasteiger partial charge in [-0.05, 0) is 99.2 Å². The molecule has 0 radical (unpaired) electrons. The molecule has 0 nitrogen and oxygen atoms in total. The van der Waals surface area contributed by atoms with Crippen LogP contribution in [0.15, 0.2) is 127 Å². The normalized spacial score (nSPS) is 12.2. The van der Waals surface area contributed by atoms with Crippen molar-refractivity contribution < 1.29 is 0 Å². The highest BCUT2D eigenvalue weighted by atomic mass is 127. The Morgan fingerprint density at radius 1 is 0.333 bits per heavy atom. The number of halogens is 1. The Labute approximate surface area is 240 Å². The van der Waals surface area contributed by atoms with Crippen molar-refractivity contribution in [3.8, 4) is 44.5 Å². The van der Waals surface area contributed by atoms with E-state index < -0.39 is 0 Å². The van der Waals surface area contributed by atoms with E-state index in [0.29, 0.717) is 0 Å². The lowest BCUT2D eigenvalue weighted by Gasteiger charge is -2.24. The second-order valence-electron chi connectivity index (χ2n) is 10.5. The molecule has 8 aromatic carbocycles. The first-order chi connectivity index (χ1) is 19.3. The predicted molar refractivity (Wildman–Crippen MR) is 176 cm³/mol. The largest absolute Gasteiger partial charge is 0.0622 e. The average Bonchev–Trinajstić information content (AvgIpc) is 3.33. The lowest BCUT2D eigenvalue weighted by molar-refractivity contribution is 1.63. The van der Waals surface area contributed by atoms with Crippen LogP contribution >= 0.6 is 22.6 Å². The average molecular weight is 604 g/mol. The molecule has 0 spiro atoms. The van der Waals surface area contributed by atoms with E-state index in [0.717, 1.165) is 0 Å². The van der Waals surface area contributed by atoms with Crippen LogP contribution in [0.25, 0.3) is 87.6 Å². The lowest BCUT2D eigenvalue weighted by atomic mass is 9.80. The number of benzene rings is 8. The minimum Gasteiger partial charge on any atom is -0.0622 e. The molecule has 0 fully saturated rings. The molecule has 0 N–H and O–H groups in total. The SMILES string of the molecule is Ic1c(-c2ccccc2)c2c3c(c(-c4ccccc4)c4ccc5cccc1c5c42)-c1cccc2cccc-3c12. The third kappa shape index (κ3) is 2.78. The fraction of sp³-hybridized carbons (Fsp3) is 0. The van der Waals surface area contributed by atoms with Gasteiger partial charge >= 0.3 is 0 Å². The Hall–Kier alpha value is -4.21. The minimum absolute atomic E-state index is 1.27. The van der Waals surface area contributed by atoms with Crippen molar-refractivity contribution in [1.82, 2.24) is 0 Å². The molecular formula is C38H21I. The van der Waals surface area contributed by atoms with E-state index in [1.807, 2.05) is 0 Å². The summed E-state index contributed by atoms with van der Waals surface area (Å²) in [4.78, 5) is 0. The van der Waals surface area contributed by atoms with Crippen molar-refractivity contribution in [2.24, 2.45) is 0 Å². The summed E-state index contributed by atoms with van der Waals surface area (Å²) in [6.07, 6.45) is 0. The van der Waals surface area contributed by atoms with Crippen molar-refractivity contribution >= 4 is 65.7 Å². The van der Waals surface area contributed by atoms with Crippen LogP contribution in [0.2, 0.25) is 0 Å². The van der Waals surface area contributed by atoms with Gasteiger partial charge in [0.05, 0.1) is 0 Å². The third-order valence-electron chi connectivity index (χ3n) is 8.59. The van der Waals surface area contributed by atoms with Crippen molar-refractivity contribution in [3.63, 3.8) is 0 Å². The molecule has 8 aromatic rings. The van der Waals surface area contributed by atoms with Gasteiger partial charge in [-0.15, -0.1) is 0 Å². The summed E-state index contributed by atoms with van der Waals surface area (Å²) in [5.74, 6) is 0. The highest BCUT2D eigenvalue weighted by Crippen LogP contribution is 2.59. The number of hydrogen-bond acceptors (Lipinski definition) is 0. The number of hydrogen-bond donors (Lipinski definition) is 0. The molecule has 0 saturated carbocycles. The molecule has 0 aliphatic heterocycles. The topological polar surface area (TPSA) is 0 Å². The third-order valence-corrected chi connectivity index (χ3v) is 9.71. The summed E-state index contributed by atoms with van der Waals surface area (Å²) in [5.41, 5.74) is 10.7. The fourth-order valence-electron chi connectivity index (χ4n) is 7.11. The van der Waals surface area contributed by atoms with Crippen molar-refractivity contribution in [2.75, 3.05) is 0 Å². The smallest absolute Gasteiger partial charge is 0.0294 e. The van der Waals surface area contributed by atoms with Crippen LogP contribution in [-0.2, 0) is 0 Å². The molecule has 0 heterocycles. The number of rotatable bonds is 2. The van der Waals surface area contributed by atoms with Crippen LogP contribution in [0, 0.1) is 3.57 Å². The van der Waals surface area contributed by atoms with E-state index in [2.05, 4.69) is 150 Å².